The third-order valence-corrected chi connectivity index (χ3v) is 4.17. The van der Waals surface area contributed by atoms with E-state index in [1.54, 1.807) is 0 Å². The molecule has 1 aliphatic heterocycles. The van der Waals surface area contributed by atoms with Gasteiger partial charge >= 0.3 is 5.97 Å². The summed E-state index contributed by atoms with van der Waals surface area (Å²) in [6.45, 7) is 7.06. The minimum Gasteiger partial charge on any atom is -0.481 e. The lowest BCUT2D eigenvalue weighted by molar-refractivity contribution is -0.657. The van der Waals surface area contributed by atoms with Crippen LogP contribution in [0.15, 0.2) is 72.9 Å². The molecule has 30 heavy (non-hydrogen) atoms. The number of aliphatic carboxylic acids is 1. The Morgan fingerprint density at radius 3 is 1.43 bits per heavy atom. The molecular weight excluding hydrogens is 372 g/mol. The smallest absolute Gasteiger partial charge is 0.303 e. The fourth-order valence-electron chi connectivity index (χ4n) is 2.52. The highest BCUT2D eigenvalue weighted by molar-refractivity contribution is 5.66. The molecule has 0 saturated carbocycles. The summed E-state index contributed by atoms with van der Waals surface area (Å²) in [6, 6.07) is 0. The van der Waals surface area contributed by atoms with Crippen molar-refractivity contribution >= 4 is 5.97 Å². The van der Waals surface area contributed by atoms with Gasteiger partial charge in [-0.25, -0.2) is 0 Å². The van der Waals surface area contributed by atoms with Crippen LogP contribution in [-0.2, 0) is 4.79 Å². The highest BCUT2D eigenvalue weighted by Crippen LogP contribution is 1.97. The molecule has 0 spiro atoms. The molecule has 4 N–H and O–H groups in total. The van der Waals surface area contributed by atoms with E-state index >= 15 is 0 Å². The fourth-order valence-corrected chi connectivity index (χ4v) is 2.52. The summed E-state index contributed by atoms with van der Waals surface area (Å²) in [6.07, 6.45) is 32.5. The molecule has 4 nitrogen and oxygen atoms in total. The number of carboxylic acids is 1. The van der Waals surface area contributed by atoms with Gasteiger partial charge in [-0.05, 0) is 44.9 Å². The molecule has 1 saturated heterocycles. The predicted octanol–water partition coefficient (Wildman–Crippen LogP) is 4.70. The zero-order valence-corrected chi connectivity index (χ0v) is 18.8. The van der Waals surface area contributed by atoms with Gasteiger partial charge in [-0.15, -0.1) is 0 Å². The molecule has 0 aromatic rings. The van der Waals surface area contributed by atoms with Crippen molar-refractivity contribution in [2.45, 2.75) is 58.3 Å². The van der Waals surface area contributed by atoms with Crippen molar-refractivity contribution in [3.8, 4) is 0 Å². The van der Waals surface area contributed by atoms with Gasteiger partial charge in [0.25, 0.3) is 0 Å². The minimum absolute atomic E-state index is 0.210. The van der Waals surface area contributed by atoms with E-state index in [0.29, 0.717) is 6.42 Å². The predicted molar refractivity (Wildman–Crippen MR) is 130 cm³/mol. The number of nitrogens with one attached hydrogen (secondary N) is 1. The van der Waals surface area contributed by atoms with Crippen LogP contribution in [0.5, 0.6) is 0 Å². The van der Waals surface area contributed by atoms with Crippen LogP contribution in [0, 0.1) is 0 Å². The van der Waals surface area contributed by atoms with Crippen LogP contribution in [-0.4, -0.2) is 37.3 Å². The zero-order chi connectivity index (χ0) is 22.0. The molecular formula is C26H43N2O2+. The van der Waals surface area contributed by atoms with Crippen LogP contribution >= 0.6 is 0 Å². The highest BCUT2D eigenvalue weighted by Gasteiger charge is 1.95. The summed E-state index contributed by atoms with van der Waals surface area (Å²) in [5.41, 5.74) is 0. The van der Waals surface area contributed by atoms with Gasteiger partial charge in [-0.2, -0.15) is 0 Å². The molecule has 0 aromatic heterocycles. The number of piperazine rings is 1. The van der Waals surface area contributed by atoms with Crippen LogP contribution in [0.2, 0.25) is 0 Å². The van der Waals surface area contributed by atoms with Crippen molar-refractivity contribution in [1.29, 1.82) is 0 Å². The van der Waals surface area contributed by atoms with E-state index in [1.807, 2.05) is 12.2 Å². The van der Waals surface area contributed by atoms with E-state index in [4.69, 9.17) is 5.11 Å². The van der Waals surface area contributed by atoms with Gasteiger partial charge in [0.15, 0.2) is 0 Å². The van der Waals surface area contributed by atoms with E-state index in [1.165, 1.54) is 26.2 Å². The number of quaternary nitrogens is 1. The van der Waals surface area contributed by atoms with Crippen molar-refractivity contribution in [3.63, 3.8) is 0 Å². The van der Waals surface area contributed by atoms with Crippen LogP contribution in [0.3, 0.4) is 0 Å². The third-order valence-electron chi connectivity index (χ3n) is 4.17. The lowest BCUT2D eigenvalue weighted by Gasteiger charge is -2.07. The topological polar surface area (TPSA) is 65.9 Å². The Morgan fingerprint density at radius 1 is 0.733 bits per heavy atom. The summed E-state index contributed by atoms with van der Waals surface area (Å²) in [4.78, 5) is 10.3. The number of carbonyl (C=O) groups is 1. The van der Waals surface area contributed by atoms with Crippen molar-refractivity contribution in [2.24, 2.45) is 0 Å². The van der Waals surface area contributed by atoms with E-state index in [2.05, 4.69) is 78.3 Å². The van der Waals surface area contributed by atoms with E-state index in [-0.39, 0.29) is 6.42 Å². The minimum atomic E-state index is -0.741. The van der Waals surface area contributed by atoms with Crippen LogP contribution in [0.1, 0.15) is 58.3 Å². The summed E-state index contributed by atoms with van der Waals surface area (Å²) in [7, 11) is 0. The van der Waals surface area contributed by atoms with E-state index < -0.39 is 5.97 Å². The molecule has 1 fully saturated rings. The van der Waals surface area contributed by atoms with Gasteiger partial charge < -0.3 is 15.7 Å². The first-order valence-corrected chi connectivity index (χ1v) is 11.4. The number of hydrogen-bond acceptors (Lipinski definition) is 2. The van der Waals surface area contributed by atoms with Gasteiger partial charge in [0.2, 0.25) is 0 Å². The Labute approximate surface area is 184 Å². The van der Waals surface area contributed by atoms with Crippen molar-refractivity contribution in [1.82, 2.24) is 5.32 Å². The lowest BCUT2D eigenvalue weighted by atomic mass is 10.2. The average Bonchev–Trinajstić information content (AvgIpc) is 2.77. The molecule has 1 heterocycles. The van der Waals surface area contributed by atoms with E-state index in [0.717, 1.165) is 38.5 Å². The highest BCUT2D eigenvalue weighted by atomic mass is 16.4. The van der Waals surface area contributed by atoms with Gasteiger partial charge in [0.05, 0.1) is 13.1 Å². The molecule has 0 radical (unpaired) electrons. The normalized spacial score (nSPS) is 15.2. The first kappa shape index (κ1) is 27.8. The Morgan fingerprint density at radius 2 is 1.13 bits per heavy atom. The molecule has 0 aromatic carbocycles. The molecule has 168 valence electrons. The maximum absolute atomic E-state index is 10.3. The largest absolute Gasteiger partial charge is 0.481 e. The molecule has 0 unspecified atom stereocenters. The monoisotopic (exact) mass is 415 g/mol. The number of hydrogen-bond donors (Lipinski definition) is 3. The van der Waals surface area contributed by atoms with Gasteiger partial charge in [-0.1, -0.05) is 79.8 Å². The first-order valence-electron chi connectivity index (χ1n) is 11.4. The maximum Gasteiger partial charge on any atom is 0.303 e. The summed E-state index contributed by atoms with van der Waals surface area (Å²) in [5, 5.41) is 14.1. The van der Waals surface area contributed by atoms with Crippen molar-refractivity contribution in [2.75, 3.05) is 26.2 Å². The summed E-state index contributed by atoms with van der Waals surface area (Å²) < 4.78 is 0. The Kier molecular flexibility index (Phi) is 23.1. The van der Waals surface area contributed by atoms with Gasteiger partial charge in [0.1, 0.15) is 0 Å². The summed E-state index contributed by atoms with van der Waals surface area (Å²) >= 11 is 0. The van der Waals surface area contributed by atoms with Crippen LogP contribution < -0.4 is 10.6 Å². The third kappa shape index (κ3) is 25.8. The van der Waals surface area contributed by atoms with E-state index in [9.17, 15) is 4.79 Å². The molecule has 0 amide bonds. The molecule has 0 aliphatic carbocycles. The standard InChI is InChI=1S/C22H32O2.C4H10N2/c1-2-3-4-5-6-7-8-9-10-11-12-13-14-15-16-17-18-19-20-21-22(23)24;1-2-6-4-3-5-1/h3-4,6-7,9-10,12-13,15-16,18-19H,2,5,8,11,14,17,20-21H2,1H3,(H,23,24);5-6H,1-4H2/p+1/b4-3-,7-6-,10-9-,13-12-,16-15-,19-18-;. The second-order valence-electron chi connectivity index (χ2n) is 6.96. The Bertz CT molecular complexity index is 542. The molecule has 1 rings (SSSR count). The molecule has 4 heteroatoms. The summed E-state index contributed by atoms with van der Waals surface area (Å²) in [5.74, 6) is -0.741. The number of carboxylic acid groups (broad SMARTS) is 1. The van der Waals surface area contributed by atoms with Crippen LogP contribution in [0.4, 0.5) is 0 Å². The number of nitrogens with two attached hydrogens (primary N) is 1. The number of allylic oxidation sites excluding steroid dienone is 12. The lowest BCUT2D eigenvalue weighted by Crippen LogP contribution is -2.89. The fraction of sp³-hybridized carbons (Fsp3) is 0.500. The van der Waals surface area contributed by atoms with Gasteiger partial charge in [0, 0.05) is 19.5 Å². The second kappa shape index (κ2) is 24.9. The van der Waals surface area contributed by atoms with Crippen molar-refractivity contribution in [3.05, 3.63) is 72.9 Å². The first-order chi connectivity index (χ1) is 14.8. The molecule has 0 atom stereocenters. The van der Waals surface area contributed by atoms with Gasteiger partial charge in [-0.3, -0.25) is 4.79 Å². The molecule has 0 bridgehead atoms. The van der Waals surface area contributed by atoms with Crippen LogP contribution in [0.25, 0.3) is 0 Å². The zero-order valence-electron chi connectivity index (χ0n) is 18.8. The Hall–Kier alpha value is -2.17. The van der Waals surface area contributed by atoms with Crippen molar-refractivity contribution < 1.29 is 15.2 Å². The second-order valence-corrected chi connectivity index (χ2v) is 6.96. The number of rotatable bonds is 14. The SMILES string of the molecule is C1C[NH2+]CCN1.CC/C=C\C/C=C\C/C=C\C/C=C\C/C=C\C/C=C\CCC(=O)O. The average molecular weight is 416 g/mol. The molecule has 1 aliphatic rings. The Balaban J connectivity index is 0.00000118. The maximum atomic E-state index is 10.3. The quantitative estimate of drug-likeness (QED) is 0.360.